The Morgan fingerprint density at radius 3 is 2.82 bits per heavy atom. The van der Waals surface area contributed by atoms with Crippen molar-refractivity contribution in [3.8, 4) is 0 Å². The predicted octanol–water partition coefficient (Wildman–Crippen LogP) is 2.76. The summed E-state index contributed by atoms with van der Waals surface area (Å²) in [6.07, 6.45) is 3.53. The van der Waals surface area contributed by atoms with E-state index < -0.39 is 0 Å². The number of nitrogens with zero attached hydrogens (tertiary/aromatic N) is 2. The van der Waals surface area contributed by atoms with E-state index in [-0.39, 0.29) is 10.6 Å². The standard InChI is InChI=1S/C12H20ClN3O/c1-4-7-16-12(17)11(13)10(8-15-16)14-6-5-9(2)3/h8-9,14H,4-7H2,1-3H3. The third-order valence-corrected chi connectivity index (χ3v) is 2.82. The number of hydrogen-bond acceptors (Lipinski definition) is 3. The van der Waals surface area contributed by atoms with E-state index in [1.54, 1.807) is 6.20 Å². The van der Waals surface area contributed by atoms with Crippen LogP contribution < -0.4 is 10.9 Å². The smallest absolute Gasteiger partial charge is 0.287 e. The maximum atomic E-state index is 11.8. The number of aromatic nitrogens is 2. The SMILES string of the molecule is CCCn1ncc(NCCC(C)C)c(Cl)c1=O. The Kier molecular flexibility index (Phi) is 5.48. The lowest BCUT2D eigenvalue weighted by Crippen LogP contribution is -2.24. The summed E-state index contributed by atoms with van der Waals surface area (Å²) in [6.45, 7) is 7.71. The minimum atomic E-state index is -0.219. The van der Waals surface area contributed by atoms with Crippen molar-refractivity contribution < 1.29 is 0 Å². The lowest BCUT2D eigenvalue weighted by molar-refractivity contribution is 0.567. The molecule has 0 bridgehead atoms. The highest BCUT2D eigenvalue weighted by molar-refractivity contribution is 6.32. The molecular formula is C12H20ClN3O. The van der Waals surface area contributed by atoms with Gasteiger partial charge in [0, 0.05) is 13.1 Å². The maximum Gasteiger partial charge on any atom is 0.287 e. The molecule has 0 aliphatic rings. The largest absolute Gasteiger partial charge is 0.382 e. The van der Waals surface area contributed by atoms with Crippen LogP contribution in [0.5, 0.6) is 0 Å². The molecule has 0 unspecified atom stereocenters. The van der Waals surface area contributed by atoms with E-state index in [2.05, 4.69) is 24.3 Å². The molecule has 0 radical (unpaired) electrons. The summed E-state index contributed by atoms with van der Waals surface area (Å²) < 4.78 is 1.40. The Balaban J connectivity index is 2.75. The van der Waals surface area contributed by atoms with Gasteiger partial charge in [-0.1, -0.05) is 32.4 Å². The van der Waals surface area contributed by atoms with Gasteiger partial charge in [0.1, 0.15) is 5.02 Å². The molecule has 0 saturated heterocycles. The molecule has 1 aromatic heterocycles. The zero-order valence-corrected chi connectivity index (χ0v) is 11.4. The molecule has 5 heteroatoms. The van der Waals surface area contributed by atoms with Gasteiger partial charge in [-0.2, -0.15) is 5.10 Å². The molecule has 96 valence electrons. The van der Waals surface area contributed by atoms with E-state index in [0.717, 1.165) is 19.4 Å². The Labute approximate surface area is 107 Å². The predicted molar refractivity (Wildman–Crippen MR) is 71.7 cm³/mol. The molecule has 17 heavy (non-hydrogen) atoms. The van der Waals surface area contributed by atoms with Crippen LogP contribution in [-0.2, 0) is 6.54 Å². The van der Waals surface area contributed by atoms with Gasteiger partial charge in [-0.05, 0) is 18.8 Å². The van der Waals surface area contributed by atoms with Crippen molar-refractivity contribution in [2.24, 2.45) is 5.92 Å². The summed E-state index contributed by atoms with van der Waals surface area (Å²) in [4.78, 5) is 11.8. The van der Waals surface area contributed by atoms with Crippen molar-refractivity contribution >= 4 is 17.3 Å². The summed E-state index contributed by atoms with van der Waals surface area (Å²) >= 11 is 6.01. The van der Waals surface area contributed by atoms with E-state index in [0.29, 0.717) is 18.2 Å². The molecule has 1 aromatic rings. The number of rotatable bonds is 6. The molecule has 0 saturated carbocycles. The van der Waals surface area contributed by atoms with E-state index in [4.69, 9.17) is 11.6 Å². The molecule has 0 atom stereocenters. The Hall–Kier alpha value is -1.03. The van der Waals surface area contributed by atoms with Gasteiger partial charge in [-0.15, -0.1) is 0 Å². The third kappa shape index (κ3) is 4.04. The summed E-state index contributed by atoms with van der Waals surface area (Å²) in [6, 6.07) is 0. The normalized spacial score (nSPS) is 10.9. The van der Waals surface area contributed by atoms with Crippen LogP contribution in [0.4, 0.5) is 5.69 Å². The molecule has 0 aliphatic carbocycles. The Bertz CT molecular complexity index is 415. The number of aryl methyl sites for hydroxylation is 1. The van der Waals surface area contributed by atoms with Crippen LogP contribution in [0.25, 0.3) is 0 Å². The first-order chi connectivity index (χ1) is 8.06. The van der Waals surface area contributed by atoms with Gasteiger partial charge < -0.3 is 5.32 Å². The van der Waals surface area contributed by atoms with Crippen LogP contribution in [0.1, 0.15) is 33.6 Å². The van der Waals surface area contributed by atoms with Crippen molar-refractivity contribution in [2.45, 2.75) is 40.2 Å². The molecular weight excluding hydrogens is 238 g/mol. The first kappa shape index (κ1) is 14.0. The van der Waals surface area contributed by atoms with Crippen molar-refractivity contribution in [3.63, 3.8) is 0 Å². The lowest BCUT2D eigenvalue weighted by atomic mass is 10.1. The van der Waals surface area contributed by atoms with Crippen LogP contribution in [-0.4, -0.2) is 16.3 Å². The van der Waals surface area contributed by atoms with Crippen LogP contribution in [0.2, 0.25) is 5.02 Å². The minimum absolute atomic E-state index is 0.219. The number of halogens is 1. The first-order valence-corrected chi connectivity index (χ1v) is 6.43. The second kappa shape index (κ2) is 6.64. The summed E-state index contributed by atoms with van der Waals surface area (Å²) in [5, 5.41) is 7.46. The molecule has 1 rings (SSSR count). The maximum absolute atomic E-state index is 11.8. The molecule has 0 aliphatic heterocycles. The van der Waals surface area contributed by atoms with Gasteiger partial charge in [0.05, 0.1) is 11.9 Å². The summed E-state index contributed by atoms with van der Waals surface area (Å²) in [5.41, 5.74) is 0.410. The van der Waals surface area contributed by atoms with Crippen molar-refractivity contribution in [1.29, 1.82) is 0 Å². The van der Waals surface area contributed by atoms with Crippen molar-refractivity contribution in [1.82, 2.24) is 9.78 Å². The second-order valence-corrected chi connectivity index (χ2v) is 4.89. The zero-order chi connectivity index (χ0) is 12.8. The lowest BCUT2D eigenvalue weighted by Gasteiger charge is -2.10. The highest BCUT2D eigenvalue weighted by atomic mass is 35.5. The van der Waals surface area contributed by atoms with Gasteiger partial charge in [0.15, 0.2) is 0 Å². The zero-order valence-electron chi connectivity index (χ0n) is 10.7. The van der Waals surface area contributed by atoms with Gasteiger partial charge in [-0.25, -0.2) is 4.68 Å². The van der Waals surface area contributed by atoms with Crippen LogP contribution in [0.3, 0.4) is 0 Å². The molecule has 0 amide bonds. The van der Waals surface area contributed by atoms with E-state index in [9.17, 15) is 4.79 Å². The molecule has 1 heterocycles. The van der Waals surface area contributed by atoms with Crippen molar-refractivity contribution in [2.75, 3.05) is 11.9 Å². The van der Waals surface area contributed by atoms with Gasteiger partial charge >= 0.3 is 0 Å². The summed E-state index contributed by atoms with van der Waals surface area (Å²) in [5.74, 6) is 0.620. The first-order valence-electron chi connectivity index (χ1n) is 6.05. The van der Waals surface area contributed by atoms with Gasteiger partial charge in [-0.3, -0.25) is 4.79 Å². The molecule has 0 aromatic carbocycles. The topological polar surface area (TPSA) is 46.9 Å². The Morgan fingerprint density at radius 2 is 2.24 bits per heavy atom. The number of anilines is 1. The molecule has 1 N–H and O–H groups in total. The minimum Gasteiger partial charge on any atom is -0.382 e. The average molecular weight is 258 g/mol. The average Bonchev–Trinajstić information content (AvgIpc) is 2.28. The molecule has 0 spiro atoms. The fraction of sp³-hybridized carbons (Fsp3) is 0.667. The number of nitrogens with one attached hydrogen (secondary N) is 1. The van der Waals surface area contributed by atoms with E-state index >= 15 is 0 Å². The van der Waals surface area contributed by atoms with Crippen LogP contribution in [0.15, 0.2) is 11.0 Å². The van der Waals surface area contributed by atoms with E-state index in [1.165, 1.54) is 4.68 Å². The van der Waals surface area contributed by atoms with Crippen molar-refractivity contribution in [3.05, 3.63) is 21.6 Å². The highest BCUT2D eigenvalue weighted by Crippen LogP contribution is 2.15. The number of hydrogen-bond donors (Lipinski definition) is 1. The van der Waals surface area contributed by atoms with E-state index in [1.807, 2.05) is 6.92 Å². The molecule has 0 fully saturated rings. The van der Waals surface area contributed by atoms with Gasteiger partial charge in [0.2, 0.25) is 0 Å². The Morgan fingerprint density at radius 1 is 1.53 bits per heavy atom. The molecule has 4 nitrogen and oxygen atoms in total. The van der Waals surface area contributed by atoms with Gasteiger partial charge in [0.25, 0.3) is 5.56 Å². The van der Waals surface area contributed by atoms with Crippen LogP contribution >= 0.6 is 11.6 Å². The summed E-state index contributed by atoms with van der Waals surface area (Å²) in [7, 11) is 0. The van der Waals surface area contributed by atoms with Crippen LogP contribution in [0, 0.1) is 5.92 Å². The quantitative estimate of drug-likeness (QED) is 0.853. The third-order valence-electron chi connectivity index (χ3n) is 2.46. The second-order valence-electron chi connectivity index (χ2n) is 4.51. The highest BCUT2D eigenvalue weighted by Gasteiger charge is 2.08. The fourth-order valence-electron chi connectivity index (χ4n) is 1.45. The fourth-order valence-corrected chi connectivity index (χ4v) is 1.67. The monoisotopic (exact) mass is 257 g/mol.